The van der Waals surface area contributed by atoms with Crippen LogP contribution in [0.25, 0.3) is 0 Å². The molecule has 7 nitrogen and oxygen atoms in total. The first-order chi connectivity index (χ1) is 12.9. The Bertz CT molecular complexity index is 702. The van der Waals surface area contributed by atoms with Crippen LogP contribution in [-0.2, 0) is 19.8 Å². The molecule has 0 saturated carbocycles. The molecule has 0 atom stereocenters. The van der Waals surface area contributed by atoms with Crippen molar-refractivity contribution < 1.29 is 27.4 Å². The molecule has 0 spiro atoms. The van der Waals surface area contributed by atoms with Crippen LogP contribution in [-0.4, -0.2) is 31.3 Å². The van der Waals surface area contributed by atoms with Gasteiger partial charge in [0.25, 0.3) is 10.1 Å². The molecule has 0 aliphatic carbocycles. The highest BCUT2D eigenvalue weighted by atomic mass is 32.2. The van der Waals surface area contributed by atoms with Crippen molar-refractivity contribution in [3.05, 3.63) is 29.8 Å². The third-order valence-corrected chi connectivity index (χ3v) is 5.03. The Morgan fingerprint density at radius 3 is 2.22 bits per heavy atom. The zero-order valence-corrected chi connectivity index (χ0v) is 16.6. The van der Waals surface area contributed by atoms with Gasteiger partial charge < -0.3 is 4.84 Å². The molecule has 0 bridgehead atoms. The summed E-state index contributed by atoms with van der Waals surface area (Å²) in [4.78, 5) is 28.0. The molecule has 1 aromatic carbocycles. The zero-order valence-electron chi connectivity index (χ0n) is 15.8. The Kier molecular flexibility index (Phi) is 10.8. The third-order valence-electron chi connectivity index (χ3n) is 4.12. The van der Waals surface area contributed by atoms with Gasteiger partial charge in [-0.25, -0.2) is 0 Å². The van der Waals surface area contributed by atoms with Gasteiger partial charge in [-0.2, -0.15) is 8.42 Å². The molecule has 27 heavy (non-hydrogen) atoms. The normalized spacial score (nSPS) is 11.3. The average molecular weight is 400 g/mol. The summed E-state index contributed by atoms with van der Waals surface area (Å²) in [7, 11) is -4.50. The second-order valence-corrected chi connectivity index (χ2v) is 7.80. The predicted molar refractivity (Wildman–Crippen MR) is 102 cm³/mol. The van der Waals surface area contributed by atoms with Gasteiger partial charge in [0.05, 0.1) is 6.54 Å². The van der Waals surface area contributed by atoms with Crippen molar-refractivity contribution in [1.29, 1.82) is 0 Å². The number of hydrogen-bond donors (Lipinski definition) is 2. The Labute approximate surface area is 161 Å². The minimum atomic E-state index is -4.50. The average Bonchev–Trinajstić information content (AvgIpc) is 2.63. The number of Topliss-reactive ketones (excluding diaryl/α,β-unsaturated/α-hetero) is 1. The van der Waals surface area contributed by atoms with Crippen molar-refractivity contribution in [2.75, 3.05) is 6.54 Å². The van der Waals surface area contributed by atoms with E-state index in [2.05, 4.69) is 12.4 Å². The molecular weight excluding hydrogens is 370 g/mol. The summed E-state index contributed by atoms with van der Waals surface area (Å²) in [6.07, 6.45) is 9.20. The molecule has 0 amide bonds. The van der Waals surface area contributed by atoms with E-state index in [0.717, 1.165) is 25.3 Å². The van der Waals surface area contributed by atoms with Gasteiger partial charge in [-0.05, 0) is 18.6 Å². The minimum Gasteiger partial charge on any atom is -0.370 e. The van der Waals surface area contributed by atoms with Gasteiger partial charge in [-0.15, -0.1) is 5.48 Å². The molecule has 0 aliphatic rings. The van der Waals surface area contributed by atoms with Crippen molar-refractivity contribution >= 4 is 21.9 Å². The van der Waals surface area contributed by atoms with Crippen molar-refractivity contribution in [2.24, 2.45) is 0 Å². The number of benzene rings is 1. The monoisotopic (exact) mass is 399 g/mol. The lowest BCUT2D eigenvalue weighted by Gasteiger charge is -2.08. The van der Waals surface area contributed by atoms with Crippen LogP contribution in [0.5, 0.6) is 0 Å². The van der Waals surface area contributed by atoms with E-state index in [1.165, 1.54) is 50.3 Å². The SMILES string of the molecule is CCCCCCCCCCC(=O)ONCC(=O)c1ccccc1S(=O)(=O)O. The van der Waals surface area contributed by atoms with Gasteiger partial charge in [0.15, 0.2) is 5.78 Å². The quantitative estimate of drug-likeness (QED) is 0.212. The van der Waals surface area contributed by atoms with Crippen LogP contribution < -0.4 is 5.48 Å². The lowest BCUT2D eigenvalue weighted by Crippen LogP contribution is -2.27. The largest absolute Gasteiger partial charge is 0.370 e. The van der Waals surface area contributed by atoms with Gasteiger partial charge in [-0.3, -0.25) is 14.1 Å². The van der Waals surface area contributed by atoms with Crippen LogP contribution in [0.4, 0.5) is 0 Å². The van der Waals surface area contributed by atoms with Crippen molar-refractivity contribution in [3.63, 3.8) is 0 Å². The Hall–Kier alpha value is -1.77. The number of unbranched alkanes of at least 4 members (excludes halogenated alkanes) is 7. The molecule has 152 valence electrons. The van der Waals surface area contributed by atoms with E-state index in [-0.39, 0.29) is 18.5 Å². The van der Waals surface area contributed by atoms with Gasteiger partial charge in [0.2, 0.25) is 0 Å². The van der Waals surface area contributed by atoms with Crippen molar-refractivity contribution in [1.82, 2.24) is 5.48 Å². The molecule has 1 rings (SSSR count). The second kappa shape index (κ2) is 12.6. The molecule has 2 N–H and O–H groups in total. The molecule has 0 fully saturated rings. The van der Waals surface area contributed by atoms with E-state index in [1.54, 1.807) is 0 Å². The summed E-state index contributed by atoms with van der Waals surface area (Å²) < 4.78 is 31.7. The number of hydrogen-bond acceptors (Lipinski definition) is 6. The summed E-state index contributed by atoms with van der Waals surface area (Å²) in [5.74, 6) is -1.07. The van der Waals surface area contributed by atoms with Crippen molar-refractivity contribution in [2.45, 2.75) is 69.6 Å². The zero-order chi connectivity index (χ0) is 20.1. The molecule has 0 heterocycles. The standard InChI is InChI=1S/C19H29NO6S/c1-2-3-4-5-6-7-8-9-14-19(22)26-20-15-17(21)16-12-10-11-13-18(16)27(23,24)25/h10-13,20H,2-9,14-15H2,1H3,(H,23,24,25). The second-order valence-electron chi connectivity index (χ2n) is 6.41. The van der Waals surface area contributed by atoms with Crippen LogP contribution in [0.3, 0.4) is 0 Å². The molecule has 0 saturated heterocycles. The van der Waals surface area contributed by atoms with Crippen LogP contribution in [0.15, 0.2) is 29.2 Å². The van der Waals surface area contributed by atoms with E-state index in [0.29, 0.717) is 0 Å². The summed E-state index contributed by atoms with van der Waals surface area (Å²) in [5, 5.41) is 0. The smallest absolute Gasteiger partial charge is 0.324 e. The molecule has 0 aromatic heterocycles. The highest BCUT2D eigenvalue weighted by Crippen LogP contribution is 2.15. The van der Waals surface area contributed by atoms with E-state index >= 15 is 0 Å². The highest BCUT2D eigenvalue weighted by molar-refractivity contribution is 7.86. The lowest BCUT2D eigenvalue weighted by molar-refractivity contribution is -0.150. The summed E-state index contributed by atoms with van der Waals surface area (Å²) in [6.45, 7) is 1.80. The van der Waals surface area contributed by atoms with Gasteiger partial charge >= 0.3 is 5.97 Å². The van der Waals surface area contributed by atoms with Crippen LogP contribution in [0, 0.1) is 0 Å². The molecule has 0 aliphatic heterocycles. The fourth-order valence-corrected chi connectivity index (χ4v) is 3.36. The van der Waals surface area contributed by atoms with E-state index in [1.807, 2.05) is 0 Å². The maximum absolute atomic E-state index is 12.1. The Morgan fingerprint density at radius 2 is 1.59 bits per heavy atom. The summed E-state index contributed by atoms with van der Waals surface area (Å²) in [5.41, 5.74) is 2.10. The van der Waals surface area contributed by atoms with E-state index in [9.17, 15) is 18.0 Å². The molecular formula is C19H29NO6S. The molecule has 0 radical (unpaired) electrons. The Balaban J connectivity index is 2.24. The highest BCUT2D eigenvalue weighted by Gasteiger charge is 2.19. The fraction of sp³-hybridized carbons (Fsp3) is 0.579. The predicted octanol–water partition coefficient (Wildman–Crippen LogP) is 3.69. The molecule has 0 unspecified atom stereocenters. The summed E-state index contributed by atoms with van der Waals surface area (Å²) in [6, 6.07) is 5.31. The molecule has 1 aromatic rings. The number of ketones is 1. The number of carbonyl (C=O) groups excluding carboxylic acids is 2. The number of rotatable bonds is 14. The lowest BCUT2D eigenvalue weighted by atomic mass is 10.1. The Morgan fingerprint density at radius 1 is 1.00 bits per heavy atom. The van der Waals surface area contributed by atoms with Gasteiger partial charge in [0.1, 0.15) is 4.90 Å². The topological polar surface area (TPSA) is 110 Å². The van der Waals surface area contributed by atoms with Crippen molar-refractivity contribution in [3.8, 4) is 0 Å². The maximum Gasteiger partial charge on any atom is 0.324 e. The minimum absolute atomic E-state index is 0.161. The van der Waals surface area contributed by atoms with Crippen LogP contribution in [0.2, 0.25) is 0 Å². The van der Waals surface area contributed by atoms with E-state index < -0.39 is 26.8 Å². The number of hydroxylamine groups is 1. The maximum atomic E-state index is 12.1. The van der Waals surface area contributed by atoms with Crippen LogP contribution >= 0.6 is 0 Å². The number of nitrogens with one attached hydrogen (secondary N) is 1. The summed E-state index contributed by atoms with van der Waals surface area (Å²) >= 11 is 0. The number of carbonyl (C=O) groups is 2. The van der Waals surface area contributed by atoms with E-state index in [4.69, 9.17) is 9.39 Å². The molecule has 8 heteroatoms. The first-order valence-electron chi connectivity index (χ1n) is 9.38. The fourth-order valence-electron chi connectivity index (χ4n) is 2.65. The first kappa shape index (κ1) is 23.3. The van der Waals surface area contributed by atoms with Gasteiger partial charge in [-0.1, -0.05) is 64.0 Å². The van der Waals surface area contributed by atoms with Crippen LogP contribution in [0.1, 0.15) is 75.1 Å². The third kappa shape index (κ3) is 9.65. The first-order valence-corrected chi connectivity index (χ1v) is 10.8. The van der Waals surface area contributed by atoms with Gasteiger partial charge in [0, 0.05) is 12.0 Å².